The summed E-state index contributed by atoms with van der Waals surface area (Å²) in [4.78, 5) is 22.6. The Morgan fingerprint density at radius 3 is 2.85 bits per heavy atom. The summed E-state index contributed by atoms with van der Waals surface area (Å²) in [5.74, 6) is -1.42. The quantitative estimate of drug-likeness (QED) is 0.398. The highest BCUT2D eigenvalue weighted by Gasteiger charge is 2.66. The molecule has 3 aliphatic rings. The van der Waals surface area contributed by atoms with E-state index in [0.29, 0.717) is 0 Å². The van der Waals surface area contributed by atoms with E-state index < -0.39 is 5.60 Å². The van der Waals surface area contributed by atoms with Crippen molar-refractivity contribution in [3.05, 3.63) is 0 Å². The molecule has 3 aliphatic heterocycles. The van der Waals surface area contributed by atoms with E-state index in [2.05, 4.69) is 4.74 Å². The van der Waals surface area contributed by atoms with E-state index in [4.69, 9.17) is 4.74 Å². The van der Waals surface area contributed by atoms with Gasteiger partial charge in [-0.05, 0) is 19.8 Å². The van der Waals surface area contributed by atoms with Crippen LogP contribution in [0.1, 0.15) is 19.8 Å². The summed E-state index contributed by atoms with van der Waals surface area (Å²) < 4.78 is 10.3. The van der Waals surface area contributed by atoms with E-state index >= 15 is 0 Å². The molecule has 2 bridgehead atoms. The van der Waals surface area contributed by atoms with E-state index in [9.17, 15) is 9.59 Å². The first kappa shape index (κ1) is 7.50. The summed E-state index contributed by atoms with van der Waals surface area (Å²) in [5, 5.41) is 0. The first-order valence-corrected chi connectivity index (χ1v) is 4.55. The molecule has 4 nitrogen and oxygen atoms in total. The van der Waals surface area contributed by atoms with Crippen molar-refractivity contribution >= 4 is 11.9 Å². The van der Waals surface area contributed by atoms with Gasteiger partial charge in [-0.3, -0.25) is 9.59 Å². The first-order valence-electron chi connectivity index (χ1n) is 4.55. The molecule has 3 heterocycles. The Balaban J connectivity index is 2.08. The number of carbonyl (C=O) groups is 2. The number of fused-ring (bicyclic) bond motifs is 5. The van der Waals surface area contributed by atoms with Crippen LogP contribution in [-0.2, 0) is 19.1 Å². The smallest absolute Gasteiger partial charge is 0.320 e. The maximum Gasteiger partial charge on any atom is 0.320 e. The Labute approximate surface area is 75.2 Å². The zero-order valence-electron chi connectivity index (χ0n) is 7.28. The topological polar surface area (TPSA) is 52.6 Å². The summed E-state index contributed by atoms with van der Waals surface area (Å²) in [6, 6.07) is 0. The molecule has 0 aromatic heterocycles. The number of esters is 2. The molecule has 0 spiro atoms. The van der Waals surface area contributed by atoms with Crippen LogP contribution in [0.15, 0.2) is 0 Å². The van der Waals surface area contributed by atoms with Crippen LogP contribution in [-0.4, -0.2) is 23.6 Å². The van der Waals surface area contributed by atoms with E-state index in [1.807, 2.05) is 6.92 Å². The molecule has 0 N–H and O–H groups in total. The third kappa shape index (κ3) is 0.705. The van der Waals surface area contributed by atoms with Crippen LogP contribution in [0, 0.1) is 11.8 Å². The summed E-state index contributed by atoms with van der Waals surface area (Å²) in [5.41, 5.74) is -0.432. The number of hydrogen-bond donors (Lipinski definition) is 0. The Hall–Kier alpha value is -0.900. The molecule has 0 aliphatic carbocycles. The van der Waals surface area contributed by atoms with E-state index in [-0.39, 0.29) is 29.9 Å². The molecule has 3 saturated heterocycles. The van der Waals surface area contributed by atoms with Crippen molar-refractivity contribution in [1.82, 2.24) is 0 Å². The van der Waals surface area contributed by atoms with Gasteiger partial charge < -0.3 is 9.47 Å². The Morgan fingerprint density at radius 1 is 1.38 bits per heavy atom. The van der Waals surface area contributed by atoms with E-state index in [0.717, 1.165) is 12.8 Å². The number of rotatable bonds is 0. The fourth-order valence-electron chi connectivity index (χ4n) is 2.88. The molecule has 0 radical (unpaired) electrons. The molecular formula is C9H10O4. The lowest BCUT2D eigenvalue weighted by Gasteiger charge is -2.24. The Morgan fingerprint density at radius 2 is 2.15 bits per heavy atom. The van der Waals surface area contributed by atoms with Gasteiger partial charge in [-0.25, -0.2) is 0 Å². The van der Waals surface area contributed by atoms with E-state index in [1.54, 1.807) is 0 Å². The molecule has 0 aromatic carbocycles. The van der Waals surface area contributed by atoms with Crippen molar-refractivity contribution in [2.75, 3.05) is 0 Å². The lowest BCUT2D eigenvalue weighted by Crippen LogP contribution is -2.37. The third-order valence-corrected chi connectivity index (χ3v) is 3.49. The van der Waals surface area contributed by atoms with Gasteiger partial charge in [0, 0.05) is 0 Å². The van der Waals surface area contributed by atoms with Crippen LogP contribution in [0.3, 0.4) is 0 Å². The fourth-order valence-corrected chi connectivity index (χ4v) is 2.88. The predicted molar refractivity (Wildman–Crippen MR) is 40.6 cm³/mol. The summed E-state index contributed by atoms with van der Waals surface area (Å²) in [6.45, 7) is 1.90. The minimum absolute atomic E-state index is 0.0750. The largest absolute Gasteiger partial charge is 0.393 e. The van der Waals surface area contributed by atoms with Gasteiger partial charge in [-0.2, -0.15) is 0 Å². The molecule has 4 atom stereocenters. The van der Waals surface area contributed by atoms with Gasteiger partial charge >= 0.3 is 11.9 Å². The van der Waals surface area contributed by atoms with Crippen molar-refractivity contribution in [3.63, 3.8) is 0 Å². The average molecular weight is 182 g/mol. The summed E-state index contributed by atoms with van der Waals surface area (Å²) in [6.07, 6.45) is 1.66. The fraction of sp³-hybridized carbons (Fsp3) is 0.778. The summed E-state index contributed by atoms with van der Waals surface area (Å²) >= 11 is 0. The molecule has 70 valence electrons. The van der Waals surface area contributed by atoms with Gasteiger partial charge in [-0.15, -0.1) is 0 Å². The highest BCUT2D eigenvalue weighted by Crippen LogP contribution is 2.54. The zero-order valence-corrected chi connectivity index (χ0v) is 7.28. The van der Waals surface area contributed by atoms with Gasteiger partial charge in [0.15, 0.2) is 0 Å². The molecule has 4 heteroatoms. The van der Waals surface area contributed by atoms with Crippen molar-refractivity contribution < 1.29 is 19.1 Å². The third-order valence-electron chi connectivity index (χ3n) is 3.49. The summed E-state index contributed by atoms with van der Waals surface area (Å²) in [7, 11) is 0. The zero-order chi connectivity index (χ0) is 9.22. The van der Waals surface area contributed by atoms with Gasteiger partial charge in [0.1, 0.15) is 5.92 Å². The van der Waals surface area contributed by atoms with Crippen molar-refractivity contribution in [2.24, 2.45) is 11.8 Å². The monoisotopic (exact) mass is 182 g/mol. The van der Waals surface area contributed by atoms with Crippen molar-refractivity contribution in [2.45, 2.75) is 31.5 Å². The molecule has 3 rings (SSSR count). The molecule has 13 heavy (non-hydrogen) atoms. The van der Waals surface area contributed by atoms with Gasteiger partial charge in [0.25, 0.3) is 0 Å². The average Bonchev–Trinajstić information content (AvgIpc) is 2.62. The Kier molecular flexibility index (Phi) is 1.12. The van der Waals surface area contributed by atoms with Crippen LogP contribution in [0.4, 0.5) is 0 Å². The first-order chi connectivity index (χ1) is 6.12. The Bertz CT molecular complexity index is 311. The van der Waals surface area contributed by atoms with Gasteiger partial charge in [0.2, 0.25) is 0 Å². The lowest BCUT2D eigenvalue weighted by molar-refractivity contribution is -0.158. The van der Waals surface area contributed by atoms with Crippen molar-refractivity contribution in [3.8, 4) is 0 Å². The normalized spacial score (nSPS) is 52.5. The SMILES string of the molecule is C[C@@]12CC[C@@H](O1)[C@@H]1C(=O)OC(=O)[C@H]12. The highest BCUT2D eigenvalue weighted by molar-refractivity contribution is 5.98. The molecule has 0 amide bonds. The molecule has 0 aromatic rings. The molecular weight excluding hydrogens is 172 g/mol. The lowest BCUT2D eigenvalue weighted by atomic mass is 9.74. The van der Waals surface area contributed by atoms with Gasteiger partial charge in [-0.1, -0.05) is 0 Å². The number of hydrogen-bond acceptors (Lipinski definition) is 4. The standard InChI is InChI=1S/C9H10O4/c1-9-3-2-4(13-9)5-6(9)8(11)12-7(5)10/h4-6H,2-3H2,1H3/t4-,5+,6+,9+/m1/s1. The maximum atomic E-state index is 11.3. The maximum absolute atomic E-state index is 11.3. The van der Waals surface area contributed by atoms with Crippen LogP contribution >= 0.6 is 0 Å². The predicted octanol–water partition coefficient (Wildman–Crippen LogP) is 0.254. The number of carbonyl (C=O) groups excluding carboxylic acids is 2. The second-order valence-electron chi connectivity index (χ2n) is 4.25. The van der Waals surface area contributed by atoms with Crippen LogP contribution in [0.25, 0.3) is 0 Å². The van der Waals surface area contributed by atoms with Crippen LogP contribution < -0.4 is 0 Å². The van der Waals surface area contributed by atoms with Gasteiger partial charge in [0.05, 0.1) is 17.6 Å². The highest BCUT2D eigenvalue weighted by atomic mass is 16.6. The molecule has 0 saturated carbocycles. The number of cyclic esters (lactones) is 2. The second kappa shape index (κ2) is 1.95. The molecule has 0 unspecified atom stereocenters. The molecule has 3 fully saturated rings. The van der Waals surface area contributed by atoms with Crippen LogP contribution in [0.5, 0.6) is 0 Å². The van der Waals surface area contributed by atoms with Crippen molar-refractivity contribution in [1.29, 1.82) is 0 Å². The second-order valence-corrected chi connectivity index (χ2v) is 4.25. The minimum Gasteiger partial charge on any atom is -0.393 e. The van der Waals surface area contributed by atoms with E-state index in [1.165, 1.54) is 0 Å². The number of ether oxygens (including phenoxy) is 2. The van der Waals surface area contributed by atoms with Crippen LogP contribution in [0.2, 0.25) is 0 Å². The minimum atomic E-state index is -0.432.